The Kier molecular flexibility index (Phi) is 3.11. The third kappa shape index (κ3) is 2.63. The van der Waals surface area contributed by atoms with Crippen molar-refractivity contribution >= 4 is 17.5 Å². The molecular formula is C11H12ClNO2. The van der Waals surface area contributed by atoms with Crippen LogP contribution in [0.1, 0.15) is 6.92 Å². The van der Waals surface area contributed by atoms with Gasteiger partial charge in [0.15, 0.2) is 12.0 Å². The molecule has 0 radical (unpaired) electrons. The smallest absolute Gasteiger partial charge is 0.180 e. The van der Waals surface area contributed by atoms with Gasteiger partial charge in [-0.15, -0.1) is 0 Å². The lowest BCUT2D eigenvalue weighted by atomic mass is 10.3. The molecule has 1 atom stereocenters. The predicted octanol–water partition coefficient (Wildman–Crippen LogP) is 2.54. The molecule has 0 N–H and O–H groups in total. The second kappa shape index (κ2) is 4.53. The van der Waals surface area contributed by atoms with Crippen molar-refractivity contribution in [3.8, 4) is 5.75 Å². The third-order valence-corrected chi connectivity index (χ3v) is 2.43. The van der Waals surface area contributed by atoms with Crippen molar-refractivity contribution in [3.05, 3.63) is 29.3 Å². The molecule has 0 aliphatic carbocycles. The van der Waals surface area contributed by atoms with Gasteiger partial charge in [-0.05, 0) is 12.1 Å². The maximum Gasteiger partial charge on any atom is 0.180 e. The Balaban J connectivity index is 1.86. The van der Waals surface area contributed by atoms with Gasteiger partial charge in [-0.25, -0.2) is 0 Å². The monoisotopic (exact) mass is 225 g/mol. The molecule has 0 spiro atoms. The molecule has 0 amide bonds. The van der Waals surface area contributed by atoms with Gasteiger partial charge in [0, 0.05) is 6.92 Å². The Bertz CT molecular complexity index is 379. The van der Waals surface area contributed by atoms with Crippen LogP contribution in [-0.2, 0) is 4.74 Å². The summed E-state index contributed by atoms with van der Waals surface area (Å²) in [5, 5.41) is 0.619. The van der Waals surface area contributed by atoms with Gasteiger partial charge in [-0.3, -0.25) is 4.99 Å². The molecule has 1 aromatic rings. The van der Waals surface area contributed by atoms with Gasteiger partial charge in [0.2, 0.25) is 0 Å². The summed E-state index contributed by atoms with van der Waals surface area (Å²) in [6, 6.07) is 7.39. The summed E-state index contributed by atoms with van der Waals surface area (Å²) in [6.45, 7) is 2.98. The van der Waals surface area contributed by atoms with Crippen molar-refractivity contribution < 1.29 is 9.47 Å². The van der Waals surface area contributed by atoms with Crippen LogP contribution in [0.4, 0.5) is 0 Å². The molecule has 0 saturated heterocycles. The summed E-state index contributed by atoms with van der Waals surface area (Å²) in [4.78, 5) is 4.13. The quantitative estimate of drug-likeness (QED) is 0.792. The van der Waals surface area contributed by atoms with Crippen molar-refractivity contribution in [1.29, 1.82) is 0 Å². The molecular weight excluding hydrogens is 214 g/mol. The molecule has 1 aliphatic rings. The third-order valence-electron chi connectivity index (χ3n) is 2.12. The van der Waals surface area contributed by atoms with Crippen LogP contribution in [0.2, 0.25) is 5.02 Å². The summed E-state index contributed by atoms with van der Waals surface area (Å²) in [5.74, 6) is 1.41. The maximum atomic E-state index is 5.94. The molecule has 2 rings (SSSR count). The van der Waals surface area contributed by atoms with E-state index < -0.39 is 0 Å². The zero-order chi connectivity index (χ0) is 10.7. The number of rotatable bonds is 3. The molecule has 1 aromatic carbocycles. The van der Waals surface area contributed by atoms with Gasteiger partial charge in [0.25, 0.3) is 0 Å². The van der Waals surface area contributed by atoms with Crippen molar-refractivity contribution in [3.63, 3.8) is 0 Å². The van der Waals surface area contributed by atoms with Crippen LogP contribution in [0.15, 0.2) is 29.3 Å². The number of ether oxygens (including phenoxy) is 2. The van der Waals surface area contributed by atoms with Crippen LogP contribution < -0.4 is 4.74 Å². The lowest BCUT2D eigenvalue weighted by molar-refractivity contribution is 0.142. The predicted molar refractivity (Wildman–Crippen MR) is 59.8 cm³/mol. The number of hydrogen-bond acceptors (Lipinski definition) is 3. The summed E-state index contributed by atoms with van der Waals surface area (Å²) in [7, 11) is 0. The van der Waals surface area contributed by atoms with Gasteiger partial charge in [-0.1, -0.05) is 23.7 Å². The summed E-state index contributed by atoms with van der Waals surface area (Å²) in [6.07, 6.45) is 0.0151. The fourth-order valence-corrected chi connectivity index (χ4v) is 1.57. The summed E-state index contributed by atoms with van der Waals surface area (Å²) >= 11 is 5.94. The van der Waals surface area contributed by atoms with Crippen LogP contribution in [0.3, 0.4) is 0 Å². The van der Waals surface area contributed by atoms with Gasteiger partial charge < -0.3 is 9.47 Å². The van der Waals surface area contributed by atoms with E-state index in [-0.39, 0.29) is 6.10 Å². The number of para-hydroxylation sites is 1. The summed E-state index contributed by atoms with van der Waals surface area (Å²) < 4.78 is 10.9. The molecule has 15 heavy (non-hydrogen) atoms. The van der Waals surface area contributed by atoms with E-state index in [4.69, 9.17) is 21.1 Å². The highest BCUT2D eigenvalue weighted by molar-refractivity contribution is 6.32. The Morgan fingerprint density at radius 3 is 3.00 bits per heavy atom. The molecule has 3 nitrogen and oxygen atoms in total. The van der Waals surface area contributed by atoms with E-state index in [1.165, 1.54) is 0 Å². The molecule has 0 fully saturated rings. The van der Waals surface area contributed by atoms with Gasteiger partial charge >= 0.3 is 0 Å². The largest absolute Gasteiger partial charge is 0.488 e. The minimum Gasteiger partial charge on any atom is -0.488 e. The van der Waals surface area contributed by atoms with Gasteiger partial charge in [-0.2, -0.15) is 0 Å². The zero-order valence-electron chi connectivity index (χ0n) is 8.44. The van der Waals surface area contributed by atoms with Crippen molar-refractivity contribution in [2.45, 2.75) is 13.0 Å². The van der Waals surface area contributed by atoms with E-state index in [0.29, 0.717) is 23.9 Å². The van der Waals surface area contributed by atoms with Gasteiger partial charge in [0.05, 0.1) is 11.6 Å². The highest BCUT2D eigenvalue weighted by Gasteiger charge is 2.17. The SMILES string of the molecule is CC1=NCC(COc2ccccc2Cl)O1. The lowest BCUT2D eigenvalue weighted by Crippen LogP contribution is -2.21. The van der Waals surface area contributed by atoms with Crippen molar-refractivity contribution in [2.24, 2.45) is 4.99 Å². The fourth-order valence-electron chi connectivity index (χ4n) is 1.38. The van der Waals surface area contributed by atoms with E-state index in [0.717, 1.165) is 5.90 Å². The van der Waals surface area contributed by atoms with E-state index in [9.17, 15) is 0 Å². The highest BCUT2D eigenvalue weighted by Crippen LogP contribution is 2.23. The van der Waals surface area contributed by atoms with E-state index in [1.54, 1.807) is 6.07 Å². The van der Waals surface area contributed by atoms with E-state index in [1.807, 2.05) is 25.1 Å². The first-order valence-corrected chi connectivity index (χ1v) is 5.18. The molecule has 4 heteroatoms. The number of hydrogen-bond donors (Lipinski definition) is 0. The van der Waals surface area contributed by atoms with Crippen LogP contribution in [0.25, 0.3) is 0 Å². The minimum absolute atomic E-state index is 0.0151. The number of aliphatic imine (C=N–C) groups is 1. The average molecular weight is 226 g/mol. The average Bonchev–Trinajstić information content (AvgIpc) is 2.63. The first-order valence-electron chi connectivity index (χ1n) is 4.81. The van der Waals surface area contributed by atoms with Crippen LogP contribution in [0, 0.1) is 0 Å². The minimum atomic E-state index is 0.0151. The van der Waals surface area contributed by atoms with Crippen LogP contribution >= 0.6 is 11.6 Å². The second-order valence-corrected chi connectivity index (χ2v) is 3.75. The summed E-state index contributed by atoms with van der Waals surface area (Å²) in [5.41, 5.74) is 0. The van der Waals surface area contributed by atoms with Crippen molar-refractivity contribution in [2.75, 3.05) is 13.2 Å². The Morgan fingerprint density at radius 2 is 2.33 bits per heavy atom. The number of benzene rings is 1. The second-order valence-electron chi connectivity index (χ2n) is 3.34. The maximum absolute atomic E-state index is 5.94. The molecule has 0 saturated carbocycles. The normalized spacial score (nSPS) is 19.6. The van der Waals surface area contributed by atoms with Crippen LogP contribution in [-0.4, -0.2) is 25.2 Å². The van der Waals surface area contributed by atoms with E-state index >= 15 is 0 Å². The molecule has 80 valence electrons. The standard InChI is InChI=1S/C11H12ClNO2/c1-8-13-6-9(15-8)7-14-11-5-3-2-4-10(11)12/h2-5,9H,6-7H2,1H3. The zero-order valence-corrected chi connectivity index (χ0v) is 9.20. The topological polar surface area (TPSA) is 30.8 Å². The van der Waals surface area contributed by atoms with Crippen LogP contribution in [0.5, 0.6) is 5.75 Å². The molecule has 1 heterocycles. The van der Waals surface area contributed by atoms with E-state index in [2.05, 4.69) is 4.99 Å². The Morgan fingerprint density at radius 1 is 1.53 bits per heavy atom. The molecule has 0 aromatic heterocycles. The first-order chi connectivity index (χ1) is 7.25. The molecule has 1 aliphatic heterocycles. The molecule has 1 unspecified atom stereocenters. The highest BCUT2D eigenvalue weighted by atomic mass is 35.5. The lowest BCUT2D eigenvalue weighted by Gasteiger charge is -2.12. The van der Waals surface area contributed by atoms with Gasteiger partial charge in [0.1, 0.15) is 12.4 Å². The fraction of sp³-hybridized carbons (Fsp3) is 0.364. The molecule has 0 bridgehead atoms. The van der Waals surface area contributed by atoms with Crippen molar-refractivity contribution in [1.82, 2.24) is 0 Å². The Labute approximate surface area is 93.7 Å². The first kappa shape index (κ1) is 10.3. The number of halogens is 1. The Hall–Kier alpha value is -1.22. The number of nitrogens with zero attached hydrogens (tertiary/aromatic N) is 1.